The van der Waals surface area contributed by atoms with Crippen LogP contribution in [-0.2, 0) is 0 Å². The van der Waals surface area contributed by atoms with Crippen LogP contribution in [0.3, 0.4) is 0 Å². The van der Waals surface area contributed by atoms with Gasteiger partial charge in [-0.3, -0.25) is 4.98 Å². The standard InChI is InChI=1S/C18H27N3/c1-6-18(3,21(4)5)17(20-7-2)16-13-19-12-14-10-8-9-11-15(14)16/h8-13,17,20H,6-7H2,1-5H3. The van der Waals surface area contributed by atoms with E-state index < -0.39 is 0 Å². The number of hydrogen-bond donors (Lipinski definition) is 1. The van der Waals surface area contributed by atoms with Gasteiger partial charge in [-0.05, 0) is 44.9 Å². The first kappa shape index (κ1) is 15.9. The monoisotopic (exact) mass is 285 g/mol. The first-order valence-corrected chi connectivity index (χ1v) is 7.78. The van der Waals surface area contributed by atoms with Crippen molar-refractivity contribution in [3.8, 4) is 0 Å². The Kier molecular flexibility index (Phi) is 4.96. The predicted molar refractivity (Wildman–Crippen MR) is 90.5 cm³/mol. The summed E-state index contributed by atoms with van der Waals surface area (Å²) in [5, 5.41) is 6.18. The molecule has 0 aliphatic carbocycles. The van der Waals surface area contributed by atoms with Gasteiger partial charge in [-0.25, -0.2) is 0 Å². The average Bonchev–Trinajstić information content (AvgIpc) is 2.51. The number of aromatic nitrogens is 1. The Morgan fingerprint density at radius 1 is 1.19 bits per heavy atom. The van der Waals surface area contributed by atoms with Gasteiger partial charge in [0, 0.05) is 23.3 Å². The molecule has 2 atom stereocenters. The van der Waals surface area contributed by atoms with Crippen LogP contribution < -0.4 is 5.32 Å². The highest BCUT2D eigenvalue weighted by Crippen LogP contribution is 2.35. The van der Waals surface area contributed by atoms with Crippen LogP contribution in [0.4, 0.5) is 0 Å². The zero-order valence-corrected chi connectivity index (χ0v) is 13.9. The van der Waals surface area contributed by atoms with Crippen LogP contribution >= 0.6 is 0 Å². The molecule has 0 spiro atoms. The molecule has 3 heteroatoms. The highest BCUT2D eigenvalue weighted by molar-refractivity contribution is 5.85. The smallest absolute Gasteiger partial charge is 0.0525 e. The fourth-order valence-electron chi connectivity index (χ4n) is 3.02. The lowest BCUT2D eigenvalue weighted by Gasteiger charge is -2.43. The third kappa shape index (κ3) is 2.94. The number of rotatable bonds is 6. The van der Waals surface area contributed by atoms with E-state index in [0.717, 1.165) is 13.0 Å². The molecule has 2 unspecified atom stereocenters. The van der Waals surface area contributed by atoms with Gasteiger partial charge < -0.3 is 10.2 Å². The summed E-state index contributed by atoms with van der Waals surface area (Å²) in [5.41, 5.74) is 1.33. The summed E-state index contributed by atoms with van der Waals surface area (Å²) in [7, 11) is 4.32. The fourth-order valence-corrected chi connectivity index (χ4v) is 3.02. The number of nitrogens with one attached hydrogen (secondary N) is 1. The van der Waals surface area contributed by atoms with Crippen molar-refractivity contribution in [1.82, 2.24) is 15.2 Å². The molecule has 2 rings (SSSR count). The van der Waals surface area contributed by atoms with E-state index in [1.54, 1.807) is 0 Å². The average molecular weight is 285 g/mol. The van der Waals surface area contributed by atoms with E-state index in [2.05, 4.69) is 74.3 Å². The van der Waals surface area contributed by atoms with Gasteiger partial charge in [0.05, 0.1) is 6.04 Å². The maximum absolute atomic E-state index is 4.46. The number of hydrogen-bond acceptors (Lipinski definition) is 3. The number of likely N-dealkylation sites (N-methyl/N-ethyl adjacent to an activating group) is 2. The molecule has 2 aromatic rings. The van der Waals surface area contributed by atoms with Gasteiger partial charge in [0.25, 0.3) is 0 Å². The Morgan fingerprint density at radius 2 is 1.90 bits per heavy atom. The molecule has 3 nitrogen and oxygen atoms in total. The summed E-state index contributed by atoms with van der Waals surface area (Å²) in [5.74, 6) is 0. The second kappa shape index (κ2) is 6.54. The topological polar surface area (TPSA) is 28.2 Å². The largest absolute Gasteiger partial charge is 0.309 e. The van der Waals surface area contributed by atoms with Crippen LogP contribution in [0.5, 0.6) is 0 Å². The first-order valence-electron chi connectivity index (χ1n) is 7.78. The molecule has 1 aromatic carbocycles. The van der Waals surface area contributed by atoms with E-state index in [9.17, 15) is 0 Å². The Labute approximate surface area is 128 Å². The third-order valence-corrected chi connectivity index (χ3v) is 4.78. The highest BCUT2D eigenvalue weighted by atomic mass is 15.2. The van der Waals surface area contributed by atoms with E-state index >= 15 is 0 Å². The highest BCUT2D eigenvalue weighted by Gasteiger charge is 2.36. The van der Waals surface area contributed by atoms with Gasteiger partial charge in [0.1, 0.15) is 0 Å². The lowest BCUT2D eigenvalue weighted by atomic mass is 9.82. The summed E-state index contributed by atoms with van der Waals surface area (Å²) < 4.78 is 0. The van der Waals surface area contributed by atoms with Gasteiger partial charge in [0.15, 0.2) is 0 Å². The van der Waals surface area contributed by atoms with Crippen LogP contribution in [0.2, 0.25) is 0 Å². The van der Waals surface area contributed by atoms with Gasteiger partial charge in [-0.2, -0.15) is 0 Å². The number of fused-ring (bicyclic) bond motifs is 1. The zero-order valence-electron chi connectivity index (χ0n) is 13.9. The summed E-state index contributed by atoms with van der Waals surface area (Å²) in [6.07, 6.45) is 5.04. The summed E-state index contributed by atoms with van der Waals surface area (Å²) in [4.78, 5) is 6.79. The second-order valence-electron chi connectivity index (χ2n) is 6.05. The van der Waals surface area contributed by atoms with Gasteiger partial charge in [-0.1, -0.05) is 38.1 Å². The van der Waals surface area contributed by atoms with E-state index in [1.165, 1.54) is 16.3 Å². The molecule has 0 aliphatic rings. The number of pyridine rings is 1. The molecule has 0 saturated carbocycles. The van der Waals surface area contributed by atoms with E-state index in [1.807, 2.05) is 12.4 Å². The van der Waals surface area contributed by atoms with Gasteiger partial charge in [0.2, 0.25) is 0 Å². The Hall–Kier alpha value is -1.45. The summed E-state index contributed by atoms with van der Waals surface area (Å²) in [6.45, 7) is 7.68. The van der Waals surface area contributed by atoms with Crippen LogP contribution in [0.15, 0.2) is 36.7 Å². The van der Waals surface area contributed by atoms with Crippen molar-refractivity contribution in [3.63, 3.8) is 0 Å². The lowest BCUT2D eigenvalue weighted by molar-refractivity contribution is 0.114. The summed E-state index contributed by atoms with van der Waals surface area (Å²) >= 11 is 0. The minimum atomic E-state index is 0.0435. The molecule has 1 N–H and O–H groups in total. The molecule has 0 fully saturated rings. The molecule has 114 valence electrons. The molecule has 0 radical (unpaired) electrons. The van der Waals surface area contributed by atoms with Crippen molar-refractivity contribution in [1.29, 1.82) is 0 Å². The molecule has 1 heterocycles. The Morgan fingerprint density at radius 3 is 2.52 bits per heavy atom. The van der Waals surface area contributed by atoms with Crippen molar-refractivity contribution < 1.29 is 0 Å². The maximum Gasteiger partial charge on any atom is 0.0525 e. The van der Waals surface area contributed by atoms with E-state index in [-0.39, 0.29) is 11.6 Å². The molecule has 21 heavy (non-hydrogen) atoms. The van der Waals surface area contributed by atoms with Crippen molar-refractivity contribution in [3.05, 3.63) is 42.2 Å². The second-order valence-corrected chi connectivity index (χ2v) is 6.05. The van der Waals surface area contributed by atoms with Crippen molar-refractivity contribution in [2.24, 2.45) is 0 Å². The maximum atomic E-state index is 4.46. The molecule has 1 aromatic heterocycles. The van der Waals surface area contributed by atoms with Crippen molar-refractivity contribution >= 4 is 10.8 Å². The minimum absolute atomic E-state index is 0.0435. The Balaban J connectivity index is 2.60. The molecular weight excluding hydrogens is 258 g/mol. The quantitative estimate of drug-likeness (QED) is 0.878. The first-order chi connectivity index (χ1) is 10.0. The molecular formula is C18H27N3. The molecule has 0 amide bonds. The Bertz CT molecular complexity index is 589. The van der Waals surface area contributed by atoms with E-state index in [4.69, 9.17) is 0 Å². The zero-order chi connectivity index (χ0) is 15.5. The predicted octanol–water partition coefficient (Wildman–Crippen LogP) is 3.62. The van der Waals surface area contributed by atoms with Crippen LogP contribution in [0.25, 0.3) is 10.8 Å². The number of benzene rings is 1. The third-order valence-electron chi connectivity index (χ3n) is 4.78. The van der Waals surface area contributed by atoms with Crippen LogP contribution in [0, 0.1) is 0 Å². The normalized spacial score (nSPS) is 16.1. The fraction of sp³-hybridized carbons (Fsp3) is 0.500. The molecule has 0 saturated heterocycles. The molecule has 0 bridgehead atoms. The van der Waals surface area contributed by atoms with E-state index in [0.29, 0.717) is 0 Å². The van der Waals surface area contributed by atoms with Crippen LogP contribution in [0.1, 0.15) is 38.8 Å². The number of nitrogens with zero attached hydrogens (tertiary/aromatic N) is 2. The minimum Gasteiger partial charge on any atom is -0.309 e. The van der Waals surface area contributed by atoms with Gasteiger partial charge >= 0.3 is 0 Å². The SMILES string of the molecule is CCNC(c1cncc2ccccc12)C(C)(CC)N(C)C. The van der Waals surface area contributed by atoms with Gasteiger partial charge in [-0.15, -0.1) is 0 Å². The lowest BCUT2D eigenvalue weighted by Crippen LogP contribution is -2.51. The van der Waals surface area contributed by atoms with Crippen LogP contribution in [-0.4, -0.2) is 36.1 Å². The molecule has 0 aliphatic heterocycles. The van der Waals surface area contributed by atoms with Crippen molar-refractivity contribution in [2.75, 3.05) is 20.6 Å². The van der Waals surface area contributed by atoms with Crippen molar-refractivity contribution in [2.45, 2.75) is 38.8 Å². The summed E-state index contributed by atoms with van der Waals surface area (Å²) in [6, 6.07) is 8.76.